The third-order valence-corrected chi connectivity index (χ3v) is 19.2. The van der Waals surface area contributed by atoms with Gasteiger partial charge in [-0.1, -0.05) is 0 Å². The first-order valence-electron chi connectivity index (χ1n) is 33.6. The highest BCUT2D eigenvalue weighted by molar-refractivity contribution is 5.76. The van der Waals surface area contributed by atoms with E-state index in [0.29, 0.717) is 0 Å². The van der Waals surface area contributed by atoms with Crippen molar-refractivity contribution in [1.82, 2.24) is 21.3 Å². The van der Waals surface area contributed by atoms with Gasteiger partial charge in [0.15, 0.2) is 44.0 Å². The first-order valence-corrected chi connectivity index (χ1v) is 33.6. The number of hydrogen-bond acceptors (Lipinski definition) is 42. The smallest absolute Gasteiger partial charge is 0.364 e. The summed E-state index contributed by atoms with van der Waals surface area (Å²) in [5.41, 5.74) is 0. The molecule has 0 bridgehead atoms. The van der Waals surface area contributed by atoms with E-state index in [1.54, 1.807) is 0 Å². The van der Waals surface area contributed by atoms with Gasteiger partial charge in [0.2, 0.25) is 23.6 Å². The Balaban J connectivity index is 1.08. The molecule has 47 nitrogen and oxygen atoms in total. The summed E-state index contributed by atoms with van der Waals surface area (Å²) in [5.74, 6) is -9.06. The number of carbonyl (C=O) groups is 5. The van der Waals surface area contributed by atoms with Crippen molar-refractivity contribution in [2.75, 3.05) is 46.2 Å². The molecule has 106 heavy (non-hydrogen) atoms. The minimum absolute atomic E-state index is 0.771. The van der Waals surface area contributed by atoms with Crippen LogP contribution in [0.15, 0.2) is 0 Å². The summed E-state index contributed by atoms with van der Waals surface area (Å²) < 4.78 is 88.6. The number of hydrogen-bond donors (Lipinski definition) is 27. The van der Waals surface area contributed by atoms with E-state index >= 15 is 0 Å². The molecule has 0 aromatic rings. The monoisotopic (exact) mass is 1550 g/mol. The Kier molecular flexibility index (Phi) is 30.9. The van der Waals surface area contributed by atoms with Gasteiger partial charge in [-0.3, -0.25) is 19.2 Å². The lowest BCUT2D eigenvalue weighted by Crippen LogP contribution is -2.72. The van der Waals surface area contributed by atoms with Crippen molar-refractivity contribution in [2.24, 2.45) is 0 Å². The molecule has 0 aromatic heterocycles. The second-order valence-corrected chi connectivity index (χ2v) is 26.8. The van der Waals surface area contributed by atoms with E-state index < -0.39 is 333 Å². The Hall–Kier alpha value is -4.13. The molecule has 4 amide bonds. The Morgan fingerprint density at radius 2 is 0.830 bits per heavy atom. The Labute approximate surface area is 600 Å². The second kappa shape index (κ2) is 37.5. The lowest BCUT2D eigenvalue weighted by Gasteiger charge is -2.52. The van der Waals surface area contributed by atoms with Gasteiger partial charge in [0.25, 0.3) is 5.79 Å². The van der Waals surface area contributed by atoms with Gasteiger partial charge in [0, 0.05) is 34.1 Å². The average Bonchev–Trinajstić information content (AvgIpc) is 0.757. The van der Waals surface area contributed by atoms with Crippen LogP contribution in [0.4, 0.5) is 0 Å². The number of nitrogens with one attached hydrogen (secondary N) is 4. The topological polar surface area (TPSA) is 737 Å². The predicted molar refractivity (Wildman–Crippen MR) is 327 cm³/mol. The van der Waals surface area contributed by atoms with Crippen LogP contribution in [-0.2, 0) is 95.0 Å². The Morgan fingerprint density at radius 1 is 0.406 bits per heavy atom. The molecule has 8 saturated heterocycles. The molecule has 41 atom stereocenters. The number of carbonyl (C=O) groups excluding carboxylic acids is 4. The summed E-state index contributed by atoms with van der Waals surface area (Å²) in [7, 11) is 0. The van der Waals surface area contributed by atoms with Gasteiger partial charge in [0.05, 0.1) is 58.5 Å². The fourth-order valence-corrected chi connectivity index (χ4v) is 13.6. The van der Waals surface area contributed by atoms with Gasteiger partial charge in [-0.25, -0.2) is 4.79 Å². The molecule has 8 aliphatic rings. The number of carboxylic acid groups (broad SMARTS) is 1. The van der Waals surface area contributed by atoms with Crippen LogP contribution in [0.2, 0.25) is 0 Å². The fourth-order valence-electron chi connectivity index (χ4n) is 13.6. The lowest BCUT2D eigenvalue weighted by molar-refractivity contribution is -0.387. The molecule has 612 valence electrons. The maximum atomic E-state index is 13.5. The van der Waals surface area contributed by atoms with Gasteiger partial charge in [0.1, 0.15) is 189 Å². The van der Waals surface area contributed by atoms with Crippen molar-refractivity contribution >= 4 is 29.6 Å². The van der Waals surface area contributed by atoms with Gasteiger partial charge in [-0.15, -0.1) is 0 Å². The number of aliphatic hydroxyl groups excluding tert-OH is 22. The van der Waals surface area contributed by atoms with Crippen LogP contribution in [0.1, 0.15) is 41.0 Å². The van der Waals surface area contributed by atoms with Crippen LogP contribution >= 0.6 is 0 Å². The third-order valence-electron chi connectivity index (χ3n) is 19.2. The number of ether oxygens (including phenoxy) is 15. The van der Waals surface area contributed by atoms with Crippen LogP contribution in [-0.4, -0.2) is 444 Å². The molecule has 27 N–H and O–H groups in total. The largest absolute Gasteiger partial charge is 0.477 e. The van der Waals surface area contributed by atoms with Crippen molar-refractivity contribution in [3.63, 3.8) is 0 Å². The second-order valence-electron chi connectivity index (χ2n) is 26.8. The molecule has 0 radical (unpaired) electrons. The van der Waals surface area contributed by atoms with Crippen LogP contribution in [0.3, 0.4) is 0 Å². The maximum absolute atomic E-state index is 13.5. The molecule has 0 aromatic carbocycles. The maximum Gasteiger partial charge on any atom is 0.364 e. The first-order chi connectivity index (χ1) is 49.9. The summed E-state index contributed by atoms with van der Waals surface area (Å²) in [6.07, 6.45) is -75.2. The van der Waals surface area contributed by atoms with Gasteiger partial charge < -0.3 is 210 Å². The molecule has 1 unspecified atom stereocenters. The zero-order valence-electron chi connectivity index (χ0n) is 57.2. The molecule has 8 rings (SSSR count). The third kappa shape index (κ3) is 19.1. The van der Waals surface area contributed by atoms with E-state index in [0.717, 1.165) is 27.7 Å². The number of rotatable bonds is 28. The summed E-state index contributed by atoms with van der Waals surface area (Å²) in [6, 6.07) is -7.42. The minimum atomic E-state index is -3.28. The molecular formula is C59H98N4O43. The molecular weight excluding hydrogens is 1450 g/mol. The Morgan fingerprint density at radius 3 is 1.39 bits per heavy atom. The van der Waals surface area contributed by atoms with Crippen LogP contribution in [0, 0.1) is 0 Å². The van der Waals surface area contributed by atoms with Gasteiger partial charge >= 0.3 is 5.97 Å². The minimum Gasteiger partial charge on any atom is -0.477 e. The molecule has 8 heterocycles. The zero-order chi connectivity index (χ0) is 78.6. The van der Waals surface area contributed by atoms with E-state index in [2.05, 4.69) is 21.3 Å². The zero-order valence-corrected chi connectivity index (χ0v) is 57.2. The molecule has 8 aliphatic heterocycles. The highest BCUT2D eigenvalue weighted by Gasteiger charge is 2.63. The summed E-state index contributed by atoms with van der Waals surface area (Å²) >= 11 is 0. The number of aliphatic carboxylic acids is 1. The van der Waals surface area contributed by atoms with Crippen molar-refractivity contribution in [2.45, 2.75) is 292 Å². The molecule has 0 spiro atoms. The van der Waals surface area contributed by atoms with Crippen molar-refractivity contribution in [3.05, 3.63) is 0 Å². The summed E-state index contributed by atoms with van der Waals surface area (Å²) in [6.45, 7) is -2.65. The van der Waals surface area contributed by atoms with E-state index in [1.807, 2.05) is 0 Å². The van der Waals surface area contributed by atoms with E-state index in [1.165, 1.54) is 6.92 Å². The van der Waals surface area contributed by atoms with Crippen LogP contribution in [0.5, 0.6) is 0 Å². The number of carboxylic acids is 1. The molecule has 47 heteroatoms. The lowest BCUT2D eigenvalue weighted by atomic mass is 9.90. The average molecular weight is 1550 g/mol. The van der Waals surface area contributed by atoms with Crippen molar-refractivity contribution in [1.29, 1.82) is 0 Å². The molecule has 8 fully saturated rings. The quantitative estimate of drug-likeness (QED) is 0.0346. The van der Waals surface area contributed by atoms with E-state index in [-0.39, 0.29) is 0 Å². The van der Waals surface area contributed by atoms with E-state index in [4.69, 9.17) is 71.1 Å². The fraction of sp³-hybridized carbons (Fsp3) is 0.915. The molecule has 0 aliphatic carbocycles. The van der Waals surface area contributed by atoms with Gasteiger partial charge in [-0.05, 0) is 6.92 Å². The summed E-state index contributed by atoms with van der Waals surface area (Å²) in [4.78, 5) is 64.5. The summed E-state index contributed by atoms with van der Waals surface area (Å²) in [5, 5.41) is 262. The number of amides is 4. The Bertz CT molecular complexity index is 2850. The van der Waals surface area contributed by atoms with Crippen LogP contribution in [0.25, 0.3) is 0 Å². The SMILES string of the molecule is CC(=O)N[C@H]1[C@H](O[C@@H]2[C@@H](NC(C)=O)[C@H](OC[C@H]3OC(O)[C@H](NC(C)=O)[C@@H](O[C@@H]4O[C@H](CO)[C@H](O)[C@H](O[C@]5(C(=O)O)C[C@H](O)[C@@H](O)[C@H]([C@H](O)[C@H](O)CO)O5)[C@H]4O)[C@H]3O)O[C@H](CO)[C@H]2O[C@@H]2O[C@@H](C)[C@@H](O)[C@@H](O)[C@@H]2O)O[C@H](CO)[C@@H](O[C@@H]2O[C@H](CO)[C@H](O[C@H]3O[C@H](CO)[C@@H](O)[C@H](O)[C@H]3NC(C)=O)[C@H](O)[C@H]2O)[C@@H]1O. The van der Waals surface area contributed by atoms with E-state index in [9.17, 15) is 141 Å². The predicted octanol–water partition coefficient (Wildman–Crippen LogP) is -17.6. The normalized spacial score (nSPS) is 47.2. The highest BCUT2D eigenvalue weighted by atomic mass is 16.8. The highest BCUT2D eigenvalue weighted by Crippen LogP contribution is 2.41. The molecule has 0 saturated carbocycles. The van der Waals surface area contributed by atoms with Gasteiger partial charge in [-0.2, -0.15) is 0 Å². The first kappa shape index (κ1) is 87.4. The standard InChI is InChI=1S/C59H98N4O43/c1-14-31(76)39(84)41(86)55(93-14)102-46-25(12-69)97-52(92-13-26-36(81)47(29(51(89)94-26)62-17(4)72)103-57-43(88)50(35(80)22(9-66)96-57)106-59(58(90)91)6-19(74)32(77)49(105-59)33(78)20(75)7-64)30(63-18(5)73)48(46)104-54-28(61-16(3)71)38(83)44(23(10-67)98-54)101-56-42(87)40(85)45(24(11-68)99-56)100-53-27(60-15(2)70)37(82)34(79)21(8-65)95-53/h14,19-57,64-69,74-89H,6-13H2,1-5H3,(H,60,70)(H,61,71)(H,62,72)(H,63,73)(H,90,91)/t14-,19-,20+,21+,22+,23+,24+,25+,26+,27+,28+,29+,30+,31+,32+,33+,34+,35-,36-,37+,38+,39+,40+,41-,42+,43+,44+,45-,46+,47+,48+,49+,50-,51?,52+,53+,54-,55-,56-,57-,59-/m0/s1. The number of aliphatic hydroxyl groups is 22. The van der Waals surface area contributed by atoms with Crippen molar-refractivity contribution in [3.8, 4) is 0 Å². The van der Waals surface area contributed by atoms with Crippen molar-refractivity contribution < 1.29 is 212 Å². The van der Waals surface area contributed by atoms with Crippen LogP contribution < -0.4 is 21.3 Å².